The maximum absolute atomic E-state index is 13.2. The molecule has 1 aliphatic heterocycles. The maximum atomic E-state index is 13.2. The van der Waals surface area contributed by atoms with Gasteiger partial charge in [-0.15, -0.1) is 11.8 Å². The summed E-state index contributed by atoms with van der Waals surface area (Å²) in [5.74, 6) is -0.558. The van der Waals surface area contributed by atoms with Crippen LogP contribution in [0, 0.1) is 12.7 Å². The zero-order valence-electron chi connectivity index (χ0n) is 14.6. The van der Waals surface area contributed by atoms with E-state index in [-0.39, 0.29) is 16.1 Å². The number of aryl methyl sites for hydroxylation is 1. The first-order valence-electron chi connectivity index (χ1n) is 8.05. The molecule has 1 heterocycles. The van der Waals surface area contributed by atoms with Crippen LogP contribution in [-0.4, -0.2) is 26.1 Å². The number of nitrogens with one attached hydrogen (secondary N) is 1. The van der Waals surface area contributed by atoms with Crippen molar-refractivity contribution in [2.75, 3.05) is 16.2 Å². The number of carbonyl (C=O) groups is 1. The number of rotatable bonds is 3. The highest BCUT2D eigenvalue weighted by atomic mass is 32.2. The van der Waals surface area contributed by atoms with E-state index in [9.17, 15) is 17.6 Å². The first-order valence-corrected chi connectivity index (χ1v) is 10.4. The minimum atomic E-state index is -3.86. The SMILES string of the molecule is CC(=O)N1CC(C)Sc2ccc(S(=O)(=O)Nc3ccc(F)cc3C)cc21. The van der Waals surface area contributed by atoms with Crippen LogP contribution in [0.15, 0.2) is 46.2 Å². The molecule has 0 aromatic heterocycles. The second kappa shape index (κ2) is 6.92. The third-order valence-corrected chi connectivity index (χ3v) is 6.63. The summed E-state index contributed by atoms with van der Waals surface area (Å²) in [4.78, 5) is 14.5. The van der Waals surface area contributed by atoms with Crippen LogP contribution in [0.4, 0.5) is 15.8 Å². The Balaban J connectivity index is 1.98. The predicted molar refractivity (Wildman–Crippen MR) is 102 cm³/mol. The number of anilines is 2. The molecule has 26 heavy (non-hydrogen) atoms. The van der Waals surface area contributed by atoms with Crippen molar-refractivity contribution in [2.45, 2.75) is 35.8 Å². The molecule has 3 rings (SSSR count). The molecular weight excluding hydrogens is 375 g/mol. The minimum Gasteiger partial charge on any atom is -0.310 e. The predicted octanol–water partition coefficient (Wildman–Crippen LogP) is 3.78. The molecule has 0 fully saturated rings. The van der Waals surface area contributed by atoms with E-state index in [2.05, 4.69) is 4.72 Å². The highest BCUT2D eigenvalue weighted by Crippen LogP contribution is 2.40. The Bertz CT molecular complexity index is 976. The number of halogens is 1. The number of hydrogen-bond acceptors (Lipinski definition) is 4. The number of hydrogen-bond donors (Lipinski definition) is 1. The summed E-state index contributed by atoms with van der Waals surface area (Å²) in [5, 5.41) is 0.230. The molecule has 0 radical (unpaired) electrons. The summed E-state index contributed by atoms with van der Waals surface area (Å²) in [6.45, 7) is 5.64. The van der Waals surface area contributed by atoms with Gasteiger partial charge in [0.15, 0.2) is 0 Å². The molecule has 2 aromatic rings. The van der Waals surface area contributed by atoms with E-state index in [1.54, 1.807) is 29.7 Å². The number of benzene rings is 2. The lowest BCUT2D eigenvalue weighted by molar-refractivity contribution is -0.116. The summed E-state index contributed by atoms with van der Waals surface area (Å²) < 4.78 is 41.2. The van der Waals surface area contributed by atoms with Crippen molar-refractivity contribution in [1.82, 2.24) is 0 Å². The van der Waals surface area contributed by atoms with E-state index >= 15 is 0 Å². The van der Waals surface area contributed by atoms with Crippen molar-refractivity contribution in [3.05, 3.63) is 47.8 Å². The van der Waals surface area contributed by atoms with Crippen LogP contribution in [0.3, 0.4) is 0 Å². The molecular formula is C18H19FN2O3S2. The molecule has 1 N–H and O–H groups in total. The van der Waals surface area contributed by atoms with Gasteiger partial charge in [0.1, 0.15) is 5.82 Å². The zero-order valence-corrected chi connectivity index (χ0v) is 16.2. The molecule has 0 saturated heterocycles. The Hall–Kier alpha value is -2.06. The van der Waals surface area contributed by atoms with Gasteiger partial charge in [0, 0.05) is 23.6 Å². The normalized spacial score (nSPS) is 16.9. The molecule has 5 nitrogen and oxygen atoms in total. The molecule has 1 aliphatic rings. The molecule has 8 heteroatoms. The standard InChI is InChI=1S/C18H19FN2O3S2/c1-11-8-14(19)4-6-16(11)20-26(23,24)15-5-7-18-17(9-15)21(13(3)22)10-12(2)25-18/h4-9,12,20H,10H2,1-3H3. The average Bonchev–Trinajstić information content (AvgIpc) is 2.56. The summed E-state index contributed by atoms with van der Waals surface area (Å²) in [7, 11) is -3.86. The maximum Gasteiger partial charge on any atom is 0.261 e. The fraction of sp³-hybridized carbons (Fsp3) is 0.278. The Morgan fingerprint density at radius 1 is 1.27 bits per heavy atom. The van der Waals surface area contributed by atoms with Crippen LogP contribution in [0.1, 0.15) is 19.4 Å². The third-order valence-electron chi connectivity index (χ3n) is 4.11. The monoisotopic (exact) mass is 394 g/mol. The lowest BCUT2D eigenvalue weighted by Gasteiger charge is -2.32. The highest BCUT2D eigenvalue weighted by Gasteiger charge is 2.27. The highest BCUT2D eigenvalue weighted by molar-refractivity contribution is 8.00. The molecule has 0 saturated carbocycles. The van der Waals surface area contributed by atoms with Crippen molar-refractivity contribution in [3.63, 3.8) is 0 Å². The quantitative estimate of drug-likeness (QED) is 0.860. The Morgan fingerprint density at radius 3 is 2.65 bits per heavy atom. The smallest absolute Gasteiger partial charge is 0.261 e. The van der Waals surface area contributed by atoms with E-state index < -0.39 is 15.8 Å². The largest absolute Gasteiger partial charge is 0.310 e. The number of sulfonamides is 1. The Kier molecular flexibility index (Phi) is 4.98. The molecule has 2 aromatic carbocycles. The van der Waals surface area contributed by atoms with Crippen molar-refractivity contribution in [1.29, 1.82) is 0 Å². The molecule has 1 atom stereocenters. The van der Waals surface area contributed by atoms with Gasteiger partial charge in [-0.25, -0.2) is 12.8 Å². The van der Waals surface area contributed by atoms with E-state index in [4.69, 9.17) is 0 Å². The van der Waals surface area contributed by atoms with Crippen LogP contribution >= 0.6 is 11.8 Å². The summed E-state index contributed by atoms with van der Waals surface area (Å²) >= 11 is 1.61. The van der Waals surface area contributed by atoms with Crippen molar-refractivity contribution < 1.29 is 17.6 Å². The van der Waals surface area contributed by atoms with E-state index in [0.29, 0.717) is 23.5 Å². The molecule has 0 spiro atoms. The molecule has 1 unspecified atom stereocenters. The molecule has 0 bridgehead atoms. The first-order chi connectivity index (χ1) is 12.2. The van der Waals surface area contributed by atoms with Gasteiger partial charge in [0.25, 0.3) is 10.0 Å². The minimum absolute atomic E-state index is 0.0568. The van der Waals surface area contributed by atoms with Crippen molar-refractivity contribution in [3.8, 4) is 0 Å². The van der Waals surface area contributed by atoms with E-state index in [1.807, 2.05) is 6.92 Å². The summed E-state index contributed by atoms with van der Waals surface area (Å²) in [5.41, 5.74) is 1.40. The average molecular weight is 394 g/mol. The molecule has 138 valence electrons. The van der Waals surface area contributed by atoms with Gasteiger partial charge in [-0.3, -0.25) is 9.52 Å². The first kappa shape index (κ1) is 18.7. The van der Waals surface area contributed by atoms with Crippen molar-refractivity contribution >= 4 is 39.1 Å². The van der Waals surface area contributed by atoms with Crippen LogP contribution in [0.5, 0.6) is 0 Å². The van der Waals surface area contributed by atoms with Crippen molar-refractivity contribution in [2.24, 2.45) is 0 Å². The summed E-state index contributed by atoms with van der Waals surface area (Å²) in [6.07, 6.45) is 0. The number of nitrogens with zero attached hydrogens (tertiary/aromatic N) is 1. The van der Waals surface area contributed by atoms with Gasteiger partial charge < -0.3 is 4.90 Å². The van der Waals surface area contributed by atoms with E-state index in [1.165, 1.54) is 37.3 Å². The van der Waals surface area contributed by atoms with Crippen LogP contribution in [0.2, 0.25) is 0 Å². The number of fused-ring (bicyclic) bond motifs is 1. The number of amides is 1. The summed E-state index contributed by atoms with van der Waals surface area (Å²) in [6, 6.07) is 8.60. The second-order valence-corrected chi connectivity index (χ2v) is 9.42. The second-order valence-electron chi connectivity index (χ2n) is 6.25. The van der Waals surface area contributed by atoms with Crippen LogP contribution in [0.25, 0.3) is 0 Å². The lowest BCUT2D eigenvalue weighted by atomic mass is 10.2. The van der Waals surface area contributed by atoms with Gasteiger partial charge in [0.2, 0.25) is 5.91 Å². The lowest BCUT2D eigenvalue weighted by Crippen LogP contribution is -2.37. The van der Waals surface area contributed by atoms with Crippen LogP contribution < -0.4 is 9.62 Å². The molecule has 0 aliphatic carbocycles. The number of thioether (sulfide) groups is 1. The molecule has 1 amide bonds. The zero-order chi connectivity index (χ0) is 19.1. The fourth-order valence-corrected chi connectivity index (χ4v) is 5.07. The van der Waals surface area contributed by atoms with Gasteiger partial charge in [-0.2, -0.15) is 0 Å². The van der Waals surface area contributed by atoms with Gasteiger partial charge in [-0.05, 0) is 48.9 Å². The Morgan fingerprint density at radius 2 is 2.00 bits per heavy atom. The fourth-order valence-electron chi connectivity index (χ4n) is 2.83. The topological polar surface area (TPSA) is 66.5 Å². The Labute approximate surface area is 156 Å². The van der Waals surface area contributed by atoms with E-state index in [0.717, 1.165) is 4.90 Å². The van der Waals surface area contributed by atoms with Gasteiger partial charge in [0.05, 0.1) is 16.3 Å². The van der Waals surface area contributed by atoms with Gasteiger partial charge >= 0.3 is 0 Å². The third kappa shape index (κ3) is 3.71. The van der Waals surface area contributed by atoms with Crippen LogP contribution in [-0.2, 0) is 14.8 Å². The van der Waals surface area contributed by atoms with Gasteiger partial charge in [-0.1, -0.05) is 6.92 Å². The number of carbonyl (C=O) groups excluding carboxylic acids is 1.